The van der Waals surface area contributed by atoms with Gasteiger partial charge in [0, 0.05) is 13.0 Å². The van der Waals surface area contributed by atoms with Crippen molar-refractivity contribution in [2.75, 3.05) is 6.54 Å². The molecule has 1 rings (SSSR count). The first-order chi connectivity index (χ1) is 11.2. The van der Waals surface area contributed by atoms with Crippen LogP contribution in [-0.2, 0) is 16.6 Å². The predicted molar refractivity (Wildman–Crippen MR) is 105 cm³/mol. The quantitative estimate of drug-likeness (QED) is 0.544. The summed E-state index contributed by atoms with van der Waals surface area (Å²) in [6.07, 6.45) is 2.18. The molecule has 5 heteroatoms. The lowest BCUT2D eigenvalue weighted by Crippen LogP contribution is -2.47. The molecule has 0 unspecified atom stereocenters. The Kier molecular flexibility index (Phi) is 8.19. The maximum absolute atomic E-state index is 11.9. The molecule has 0 saturated heterocycles. The van der Waals surface area contributed by atoms with Gasteiger partial charge in [0.1, 0.15) is 0 Å². The van der Waals surface area contributed by atoms with Gasteiger partial charge in [0.15, 0.2) is 5.11 Å². The number of hydrogen-bond acceptors (Lipinski definition) is 2. The van der Waals surface area contributed by atoms with Gasteiger partial charge in [-0.2, -0.15) is 0 Å². The van der Waals surface area contributed by atoms with Crippen LogP contribution in [0.2, 0.25) is 0 Å². The van der Waals surface area contributed by atoms with Crippen LogP contribution < -0.4 is 16.2 Å². The Morgan fingerprint density at radius 3 is 2.29 bits per heavy atom. The highest BCUT2D eigenvalue weighted by Crippen LogP contribution is 2.22. The van der Waals surface area contributed by atoms with Gasteiger partial charge >= 0.3 is 0 Å². The minimum atomic E-state index is -0.0668. The zero-order valence-corrected chi connectivity index (χ0v) is 16.3. The van der Waals surface area contributed by atoms with E-state index in [1.807, 2.05) is 0 Å². The lowest BCUT2D eigenvalue weighted by molar-refractivity contribution is -0.121. The number of amides is 1. The third-order valence-corrected chi connectivity index (χ3v) is 4.03. The van der Waals surface area contributed by atoms with Gasteiger partial charge in [-0.3, -0.25) is 15.6 Å². The number of rotatable bonds is 6. The monoisotopic (exact) mass is 349 g/mol. The van der Waals surface area contributed by atoms with Crippen molar-refractivity contribution < 1.29 is 4.79 Å². The second-order valence-corrected chi connectivity index (χ2v) is 7.97. The topological polar surface area (TPSA) is 53.2 Å². The summed E-state index contributed by atoms with van der Waals surface area (Å²) in [6, 6.07) is 8.47. The molecule has 0 spiro atoms. The zero-order chi connectivity index (χ0) is 18.2. The Balaban J connectivity index is 2.27. The van der Waals surface area contributed by atoms with E-state index >= 15 is 0 Å². The van der Waals surface area contributed by atoms with E-state index in [4.69, 9.17) is 12.2 Å². The second kappa shape index (κ2) is 9.62. The van der Waals surface area contributed by atoms with Crippen molar-refractivity contribution in [1.29, 1.82) is 0 Å². The number of nitrogens with one attached hydrogen (secondary N) is 3. The number of benzene rings is 1. The number of carbonyl (C=O) groups excluding carboxylic acids is 1. The average molecular weight is 350 g/mol. The van der Waals surface area contributed by atoms with Crippen LogP contribution in [0.5, 0.6) is 0 Å². The fraction of sp³-hybridized carbons (Fsp3) is 0.579. The van der Waals surface area contributed by atoms with Crippen LogP contribution in [0, 0.1) is 5.92 Å². The van der Waals surface area contributed by atoms with Crippen LogP contribution in [0.4, 0.5) is 0 Å². The van der Waals surface area contributed by atoms with Crippen LogP contribution >= 0.6 is 12.2 Å². The normalized spacial score (nSPS) is 11.2. The predicted octanol–water partition coefficient (Wildman–Crippen LogP) is 3.46. The smallest absolute Gasteiger partial charge is 0.238 e. The molecule has 0 aliphatic heterocycles. The molecule has 3 N–H and O–H groups in total. The number of hydrogen-bond donors (Lipinski definition) is 3. The van der Waals surface area contributed by atoms with Gasteiger partial charge in [0.2, 0.25) is 5.91 Å². The standard InChI is InChI=1S/C19H31N3OS/c1-14(2)12-13-20-18(24)22-21-17(23)11-8-15-6-9-16(10-7-15)19(3,4)5/h6-7,9-10,14H,8,11-13H2,1-5H3,(H,21,23)(H2,20,22,24). The summed E-state index contributed by atoms with van der Waals surface area (Å²) in [5.74, 6) is 0.558. The van der Waals surface area contributed by atoms with E-state index in [9.17, 15) is 4.79 Å². The number of carbonyl (C=O) groups is 1. The summed E-state index contributed by atoms with van der Waals surface area (Å²) in [6.45, 7) is 11.7. The van der Waals surface area contributed by atoms with Gasteiger partial charge in [-0.25, -0.2) is 0 Å². The third kappa shape index (κ3) is 8.29. The highest BCUT2D eigenvalue weighted by Gasteiger charge is 2.13. The minimum Gasteiger partial charge on any atom is -0.361 e. The SMILES string of the molecule is CC(C)CCNC(=S)NNC(=O)CCc1ccc(C(C)(C)C)cc1. The maximum atomic E-state index is 11.9. The van der Waals surface area contributed by atoms with Crippen LogP contribution in [-0.4, -0.2) is 17.6 Å². The maximum Gasteiger partial charge on any atom is 0.238 e. The van der Waals surface area contributed by atoms with E-state index < -0.39 is 0 Å². The highest BCUT2D eigenvalue weighted by molar-refractivity contribution is 7.80. The molecule has 0 saturated carbocycles. The third-order valence-electron chi connectivity index (χ3n) is 3.78. The van der Waals surface area contributed by atoms with E-state index in [0.717, 1.165) is 18.5 Å². The molecule has 0 heterocycles. The number of aryl methyl sites for hydroxylation is 1. The van der Waals surface area contributed by atoms with Crippen LogP contribution in [0.25, 0.3) is 0 Å². The lowest BCUT2D eigenvalue weighted by Gasteiger charge is -2.19. The van der Waals surface area contributed by atoms with E-state index in [0.29, 0.717) is 23.9 Å². The van der Waals surface area contributed by atoms with Crippen molar-refractivity contribution in [2.24, 2.45) is 5.92 Å². The minimum absolute atomic E-state index is 0.0668. The molecule has 0 atom stereocenters. The molecule has 4 nitrogen and oxygen atoms in total. The highest BCUT2D eigenvalue weighted by atomic mass is 32.1. The van der Waals surface area contributed by atoms with Crippen molar-refractivity contribution in [3.8, 4) is 0 Å². The molecular weight excluding hydrogens is 318 g/mol. The van der Waals surface area contributed by atoms with Crippen molar-refractivity contribution in [2.45, 2.75) is 59.3 Å². The first-order valence-corrected chi connectivity index (χ1v) is 9.01. The van der Waals surface area contributed by atoms with E-state index in [1.54, 1.807) is 0 Å². The lowest BCUT2D eigenvalue weighted by atomic mass is 9.86. The zero-order valence-electron chi connectivity index (χ0n) is 15.5. The van der Waals surface area contributed by atoms with Crippen molar-refractivity contribution >= 4 is 23.2 Å². The Morgan fingerprint density at radius 1 is 1.12 bits per heavy atom. The summed E-state index contributed by atoms with van der Waals surface area (Å²) in [5.41, 5.74) is 7.99. The first-order valence-electron chi connectivity index (χ1n) is 8.60. The molecule has 0 aliphatic rings. The molecule has 0 aliphatic carbocycles. The van der Waals surface area contributed by atoms with E-state index in [-0.39, 0.29) is 11.3 Å². The Hall–Kier alpha value is -1.62. The molecule has 0 fully saturated rings. The van der Waals surface area contributed by atoms with Crippen molar-refractivity contribution in [3.05, 3.63) is 35.4 Å². The van der Waals surface area contributed by atoms with Gasteiger partial charge < -0.3 is 5.32 Å². The Labute approximate surface area is 151 Å². The first kappa shape index (κ1) is 20.4. The molecular formula is C19H31N3OS. The van der Waals surface area contributed by atoms with Crippen LogP contribution in [0.1, 0.15) is 58.6 Å². The second-order valence-electron chi connectivity index (χ2n) is 7.56. The van der Waals surface area contributed by atoms with Crippen molar-refractivity contribution in [1.82, 2.24) is 16.2 Å². The molecule has 1 aromatic rings. The van der Waals surface area contributed by atoms with Crippen LogP contribution in [0.3, 0.4) is 0 Å². The largest absolute Gasteiger partial charge is 0.361 e. The fourth-order valence-corrected chi connectivity index (χ4v) is 2.29. The summed E-state index contributed by atoms with van der Waals surface area (Å²) < 4.78 is 0. The van der Waals surface area contributed by atoms with Gasteiger partial charge in [-0.1, -0.05) is 58.9 Å². The molecule has 0 aromatic heterocycles. The van der Waals surface area contributed by atoms with E-state index in [1.165, 1.54) is 5.56 Å². The summed E-state index contributed by atoms with van der Waals surface area (Å²) in [4.78, 5) is 11.9. The molecule has 0 bridgehead atoms. The summed E-state index contributed by atoms with van der Waals surface area (Å²) in [7, 11) is 0. The summed E-state index contributed by atoms with van der Waals surface area (Å²) >= 11 is 5.11. The molecule has 134 valence electrons. The number of thiocarbonyl (C=S) groups is 1. The van der Waals surface area contributed by atoms with Gasteiger partial charge in [-0.15, -0.1) is 0 Å². The van der Waals surface area contributed by atoms with Gasteiger partial charge in [0.25, 0.3) is 0 Å². The van der Waals surface area contributed by atoms with E-state index in [2.05, 4.69) is 75.1 Å². The van der Waals surface area contributed by atoms with Crippen molar-refractivity contribution in [3.63, 3.8) is 0 Å². The molecule has 1 amide bonds. The average Bonchev–Trinajstić information content (AvgIpc) is 2.50. The Morgan fingerprint density at radius 2 is 1.75 bits per heavy atom. The van der Waals surface area contributed by atoms with Gasteiger partial charge in [-0.05, 0) is 47.5 Å². The fourth-order valence-electron chi connectivity index (χ4n) is 2.14. The molecule has 24 heavy (non-hydrogen) atoms. The molecule has 0 radical (unpaired) electrons. The Bertz CT molecular complexity index is 533. The summed E-state index contributed by atoms with van der Waals surface area (Å²) in [5, 5.41) is 3.53. The van der Waals surface area contributed by atoms with Gasteiger partial charge in [0.05, 0.1) is 0 Å². The number of hydrazine groups is 1. The van der Waals surface area contributed by atoms with Crippen LogP contribution in [0.15, 0.2) is 24.3 Å². The molecule has 1 aromatic carbocycles.